The third-order valence-electron chi connectivity index (χ3n) is 15.6. The van der Waals surface area contributed by atoms with Crippen molar-refractivity contribution in [2.75, 3.05) is 34.8 Å². The highest BCUT2D eigenvalue weighted by Gasteiger charge is 2.44. The molecular weight excluding hydrogens is 1040 g/mol. The van der Waals surface area contributed by atoms with Gasteiger partial charge in [-0.05, 0) is 143 Å². The molecule has 17 nitrogen and oxygen atoms in total. The number of para-hydroxylation sites is 1. The molecular formula is C63H72N9O8S+. The maximum Gasteiger partial charge on any atom is 0.326 e. The number of fused-ring (bicyclic) bond motifs is 3. The van der Waals surface area contributed by atoms with Crippen molar-refractivity contribution < 1.29 is 37.0 Å². The van der Waals surface area contributed by atoms with Gasteiger partial charge in [0.2, 0.25) is 11.6 Å². The van der Waals surface area contributed by atoms with Crippen LogP contribution in [0.1, 0.15) is 124 Å². The zero-order chi connectivity index (χ0) is 57.6. The van der Waals surface area contributed by atoms with Crippen LogP contribution in [0.2, 0.25) is 0 Å². The summed E-state index contributed by atoms with van der Waals surface area (Å²) in [7, 11) is -4.08. The minimum absolute atomic E-state index is 0.0498. The number of benzene rings is 4. The third kappa shape index (κ3) is 13.2. The Balaban J connectivity index is 0.941. The van der Waals surface area contributed by atoms with Crippen LogP contribution in [0, 0.1) is 6.92 Å². The van der Waals surface area contributed by atoms with Crippen molar-refractivity contribution in [2.45, 2.75) is 123 Å². The number of nitrogen functional groups attached to an aromatic ring is 1. The lowest BCUT2D eigenvalue weighted by Gasteiger charge is -2.27. The molecule has 7 N–H and O–H groups in total. The Kier molecular flexibility index (Phi) is 17.2. The molecule has 2 aromatic heterocycles. The summed E-state index contributed by atoms with van der Waals surface area (Å²) in [5.41, 5.74) is 17.4. The predicted molar refractivity (Wildman–Crippen MR) is 318 cm³/mol. The van der Waals surface area contributed by atoms with Crippen LogP contribution < -0.4 is 31.6 Å². The minimum atomic E-state index is -4.08. The molecule has 1 atom stereocenters. The normalized spacial score (nSPS) is 17.0. The number of nitrogens with one attached hydrogen (secondary N) is 3. The summed E-state index contributed by atoms with van der Waals surface area (Å²) in [6, 6.07) is 28.2. The van der Waals surface area contributed by atoms with E-state index in [0.29, 0.717) is 42.9 Å². The van der Waals surface area contributed by atoms with E-state index in [9.17, 15) is 32.5 Å². The van der Waals surface area contributed by atoms with Crippen molar-refractivity contribution in [1.82, 2.24) is 25.3 Å². The van der Waals surface area contributed by atoms with E-state index in [2.05, 4.69) is 148 Å². The second-order valence-electron chi connectivity index (χ2n) is 22.2. The smallest absolute Gasteiger partial charge is 0.326 e. The number of carboxylic acids is 1. The zero-order valence-corrected chi connectivity index (χ0v) is 47.7. The molecule has 0 fully saturated rings. The average Bonchev–Trinajstić information content (AvgIpc) is 3.99. The number of nitrogens with two attached hydrogens (primary N) is 1. The van der Waals surface area contributed by atoms with E-state index in [1.54, 1.807) is 24.3 Å². The first-order chi connectivity index (χ1) is 38.7. The van der Waals surface area contributed by atoms with Gasteiger partial charge in [0.1, 0.15) is 24.1 Å². The third-order valence-corrected chi connectivity index (χ3v) is 16.4. The van der Waals surface area contributed by atoms with E-state index >= 15 is 0 Å². The second kappa shape index (κ2) is 24.2. The van der Waals surface area contributed by atoms with Gasteiger partial charge in [0.05, 0.1) is 29.6 Å². The second-order valence-corrected chi connectivity index (χ2v) is 23.7. The Bertz CT molecular complexity index is 3710. The van der Waals surface area contributed by atoms with E-state index in [1.165, 1.54) is 28.7 Å². The number of amides is 1. The number of aryl methyl sites for hydroxylation is 2. The standard InChI is InChI=1S/C63H71N9O8S/c1-7-8-34-71-51-17-10-9-16-48(51)62(3,4)53(71)32-24-42-14-13-15-43(25-33-54-63(5,6)49-37-40(2)18-31-52(49)72(54)35-11-12-36-81(77,78)79)56(42)80-47-28-19-41(20-29-47)21-30-50(60(75)76)68-58(73)44-22-26-45(27-23-44)65-38-46-39-66-57-55(67-46)59(74)70-61(64)69-57/h9-10,16-20,22-29,31-33,37,39,50H,7-8,11-15,21,30,34-36,38H2,1-6H3,(H6-,64,65,66,68,69,70,73,74,75,76,77,78,79)/p+1/t50-/m1/s1. The SMILES string of the molecule is CCCC[N+]1=C(C=CC2=C(Oc3ccc(CC[C@@H](NC(=O)c4ccc(NCc5cnc6nc(N)[nH]c(=O)c6n5)cc4)C(=O)O)cc3)C(=CC=C3N(CCCCS(=O)(=O)O)c4ccc(C)cc4C3(C)C)CCC2)C(C)(C)c2ccccc21. The number of carbonyl (C=O) groups excluding carboxylic acids is 1. The topological polar surface area (TPSA) is 246 Å². The van der Waals surface area contributed by atoms with Crippen molar-refractivity contribution >= 4 is 61.9 Å². The fourth-order valence-corrected chi connectivity index (χ4v) is 11.7. The van der Waals surface area contributed by atoms with Gasteiger partial charge < -0.3 is 31.1 Å². The van der Waals surface area contributed by atoms with Gasteiger partial charge in [0.25, 0.3) is 21.6 Å². The summed E-state index contributed by atoms with van der Waals surface area (Å²) < 4.78 is 42.3. The lowest BCUT2D eigenvalue weighted by molar-refractivity contribution is -0.438. The molecule has 9 rings (SSSR count). The number of aliphatic carboxylic acids is 1. The molecule has 3 aliphatic rings. The molecule has 6 aromatic rings. The number of carbonyl (C=O) groups is 2. The van der Waals surface area contributed by atoms with Crippen LogP contribution in [-0.2, 0) is 38.7 Å². The van der Waals surface area contributed by atoms with Gasteiger partial charge in [-0.15, -0.1) is 0 Å². The highest BCUT2D eigenvalue weighted by atomic mass is 32.2. The largest absolute Gasteiger partial charge is 0.480 e. The van der Waals surface area contributed by atoms with Gasteiger partial charge in [0.15, 0.2) is 16.9 Å². The van der Waals surface area contributed by atoms with Crippen LogP contribution in [0.3, 0.4) is 0 Å². The number of unbranched alkanes of at least 4 members (excludes halogenated alkanes) is 2. The molecule has 0 saturated carbocycles. The molecule has 0 unspecified atom stereocenters. The Morgan fingerprint density at radius 1 is 0.926 bits per heavy atom. The van der Waals surface area contributed by atoms with E-state index in [4.69, 9.17) is 10.5 Å². The molecule has 0 saturated heterocycles. The van der Waals surface area contributed by atoms with E-state index in [-0.39, 0.29) is 52.2 Å². The average molecular weight is 1120 g/mol. The van der Waals surface area contributed by atoms with E-state index < -0.39 is 33.6 Å². The van der Waals surface area contributed by atoms with Gasteiger partial charge in [-0.1, -0.05) is 81.3 Å². The molecule has 81 heavy (non-hydrogen) atoms. The van der Waals surface area contributed by atoms with Crippen LogP contribution in [-0.4, -0.2) is 85.1 Å². The first kappa shape index (κ1) is 57.5. The Morgan fingerprint density at radius 2 is 1.69 bits per heavy atom. The molecule has 2 aliphatic heterocycles. The number of aromatic amines is 1. The molecule has 0 spiro atoms. The van der Waals surface area contributed by atoms with Crippen molar-refractivity contribution in [3.63, 3.8) is 0 Å². The molecule has 0 radical (unpaired) electrons. The Morgan fingerprint density at radius 3 is 2.43 bits per heavy atom. The van der Waals surface area contributed by atoms with Crippen molar-refractivity contribution in [3.05, 3.63) is 188 Å². The summed E-state index contributed by atoms with van der Waals surface area (Å²) >= 11 is 0. The summed E-state index contributed by atoms with van der Waals surface area (Å²) in [5.74, 6) is -0.611. The molecule has 1 amide bonds. The number of ether oxygens (including phenoxy) is 1. The van der Waals surface area contributed by atoms with Gasteiger partial charge in [-0.25, -0.2) is 14.8 Å². The summed E-state index contributed by atoms with van der Waals surface area (Å²) in [6.07, 6.45) is 16.4. The quantitative estimate of drug-likeness (QED) is 0.0210. The van der Waals surface area contributed by atoms with Crippen LogP contribution in [0.25, 0.3) is 11.2 Å². The number of hydrogen-bond acceptors (Lipinski definition) is 12. The van der Waals surface area contributed by atoms with Gasteiger partial charge in [-0.3, -0.25) is 19.1 Å². The number of hydrogen-bond donors (Lipinski definition) is 6. The molecule has 422 valence electrons. The molecule has 4 aromatic carbocycles. The maximum atomic E-state index is 13.4. The van der Waals surface area contributed by atoms with Gasteiger partial charge >= 0.3 is 5.97 Å². The van der Waals surface area contributed by atoms with Crippen molar-refractivity contribution in [3.8, 4) is 5.75 Å². The number of H-pyrrole nitrogens is 1. The molecule has 4 heterocycles. The predicted octanol–water partition coefficient (Wildman–Crippen LogP) is 10.6. The Hall–Kier alpha value is -8.22. The zero-order valence-electron chi connectivity index (χ0n) is 46.9. The van der Waals surface area contributed by atoms with Crippen LogP contribution in [0.4, 0.5) is 23.0 Å². The summed E-state index contributed by atoms with van der Waals surface area (Å²) in [4.78, 5) is 55.4. The molecule has 0 bridgehead atoms. The first-order valence-electron chi connectivity index (χ1n) is 27.8. The van der Waals surface area contributed by atoms with Crippen molar-refractivity contribution in [2.24, 2.45) is 0 Å². The fraction of sp³-hybridized carbons (Fsp3) is 0.349. The number of carboxylic acid groups (broad SMARTS) is 1. The number of rotatable bonds is 22. The fourth-order valence-electron chi connectivity index (χ4n) is 11.1. The maximum absolute atomic E-state index is 13.4. The molecule has 1 aliphatic carbocycles. The highest BCUT2D eigenvalue weighted by Crippen LogP contribution is 2.49. The van der Waals surface area contributed by atoms with Crippen LogP contribution >= 0.6 is 0 Å². The van der Waals surface area contributed by atoms with Crippen molar-refractivity contribution in [1.29, 1.82) is 0 Å². The lowest BCUT2D eigenvalue weighted by Crippen LogP contribution is -2.41. The van der Waals surface area contributed by atoms with Gasteiger partial charge in [0, 0.05) is 58.7 Å². The van der Waals surface area contributed by atoms with Crippen LogP contribution in [0.5, 0.6) is 5.75 Å². The van der Waals surface area contributed by atoms with E-state index in [1.807, 2.05) is 24.3 Å². The monoisotopic (exact) mass is 1110 g/mol. The first-order valence-corrected chi connectivity index (χ1v) is 29.4. The minimum Gasteiger partial charge on any atom is -0.480 e. The number of nitrogens with zero attached hydrogens (tertiary/aromatic N) is 5. The van der Waals surface area contributed by atoms with Crippen LogP contribution in [0.15, 0.2) is 149 Å². The number of allylic oxidation sites excluding steroid dienone is 7. The number of anilines is 3. The summed E-state index contributed by atoms with van der Waals surface area (Å²) in [6.45, 7) is 15.1. The molecule has 18 heteroatoms. The lowest BCUT2D eigenvalue weighted by atomic mass is 9.81. The van der Waals surface area contributed by atoms with Gasteiger partial charge in [-0.2, -0.15) is 18.0 Å². The Labute approximate surface area is 473 Å². The van der Waals surface area contributed by atoms with E-state index in [0.717, 1.165) is 78.1 Å². The number of aromatic nitrogens is 4. The highest BCUT2D eigenvalue weighted by molar-refractivity contribution is 7.85. The summed E-state index contributed by atoms with van der Waals surface area (Å²) in [5, 5.41) is 16.1.